The molecular weight excluding hydrogens is 309 g/mol. The maximum Gasteiger partial charge on any atom is 0.135 e. The molecule has 0 bridgehead atoms. The van der Waals surface area contributed by atoms with Gasteiger partial charge in [0.25, 0.3) is 0 Å². The fourth-order valence-corrected chi connectivity index (χ4v) is 2.28. The molecule has 1 N–H and O–H groups in total. The predicted octanol–water partition coefficient (Wildman–Crippen LogP) is 3.87. The summed E-state index contributed by atoms with van der Waals surface area (Å²) in [5.74, 6) is 1.88. The summed E-state index contributed by atoms with van der Waals surface area (Å²) in [6.07, 6.45) is 2.31. The van der Waals surface area contributed by atoms with E-state index in [1.54, 1.807) is 12.1 Å². The number of anilines is 1. The minimum absolute atomic E-state index is 0.203. The van der Waals surface area contributed by atoms with Gasteiger partial charge in [0.05, 0.1) is 0 Å². The lowest BCUT2D eigenvalue weighted by atomic mass is 10.2. The van der Waals surface area contributed by atoms with Crippen LogP contribution in [0, 0.1) is 5.82 Å². The van der Waals surface area contributed by atoms with Crippen LogP contribution in [0.25, 0.3) is 0 Å². The lowest BCUT2D eigenvalue weighted by Crippen LogP contribution is -2.05. The minimum Gasteiger partial charge on any atom is -0.366 e. The maximum absolute atomic E-state index is 13.5. The molecule has 2 aromatic rings. The summed E-state index contributed by atoms with van der Waals surface area (Å²) >= 11 is 3.38. The number of rotatable bonds is 4. The second-order valence-corrected chi connectivity index (χ2v) is 5.47. The highest BCUT2D eigenvalue weighted by molar-refractivity contribution is 9.10. The number of halogens is 2. The lowest BCUT2D eigenvalue weighted by Gasteiger charge is -2.08. The molecule has 1 fully saturated rings. The molecule has 0 spiro atoms. The molecule has 0 radical (unpaired) electrons. The quantitative estimate of drug-likeness (QED) is 0.869. The van der Waals surface area contributed by atoms with Crippen LogP contribution >= 0.6 is 15.9 Å². The van der Waals surface area contributed by atoms with Crippen LogP contribution in [0.2, 0.25) is 0 Å². The molecule has 0 aliphatic heterocycles. The van der Waals surface area contributed by atoms with Gasteiger partial charge in [-0.2, -0.15) is 0 Å². The van der Waals surface area contributed by atoms with E-state index in [4.69, 9.17) is 0 Å². The Hall–Kier alpha value is -1.49. The Kier molecular flexibility index (Phi) is 3.46. The Morgan fingerprint density at radius 2 is 2.05 bits per heavy atom. The van der Waals surface area contributed by atoms with E-state index in [0.717, 1.165) is 29.1 Å². The van der Waals surface area contributed by atoms with Crippen molar-refractivity contribution in [2.24, 2.45) is 0 Å². The third-order valence-corrected chi connectivity index (χ3v) is 3.48. The molecule has 5 heteroatoms. The van der Waals surface area contributed by atoms with E-state index < -0.39 is 0 Å². The van der Waals surface area contributed by atoms with Crippen molar-refractivity contribution in [1.29, 1.82) is 0 Å². The molecule has 1 aliphatic rings. The van der Waals surface area contributed by atoms with Crippen LogP contribution in [0.4, 0.5) is 10.2 Å². The van der Waals surface area contributed by atoms with E-state index in [2.05, 4.69) is 31.2 Å². The van der Waals surface area contributed by atoms with Crippen molar-refractivity contribution in [2.45, 2.75) is 25.3 Å². The summed E-state index contributed by atoms with van der Waals surface area (Å²) in [5.41, 5.74) is 0.630. The summed E-state index contributed by atoms with van der Waals surface area (Å²) in [4.78, 5) is 8.83. The van der Waals surface area contributed by atoms with Crippen molar-refractivity contribution < 1.29 is 4.39 Å². The molecule has 0 unspecified atom stereocenters. The van der Waals surface area contributed by atoms with Crippen molar-refractivity contribution in [1.82, 2.24) is 9.97 Å². The zero-order valence-corrected chi connectivity index (χ0v) is 11.8. The first kappa shape index (κ1) is 12.5. The van der Waals surface area contributed by atoms with Crippen molar-refractivity contribution in [3.8, 4) is 0 Å². The monoisotopic (exact) mass is 321 g/mol. The van der Waals surface area contributed by atoms with E-state index in [9.17, 15) is 4.39 Å². The second kappa shape index (κ2) is 5.25. The molecule has 1 saturated carbocycles. The van der Waals surface area contributed by atoms with Crippen LogP contribution in [0.15, 0.2) is 34.9 Å². The van der Waals surface area contributed by atoms with Crippen molar-refractivity contribution in [2.75, 3.05) is 5.32 Å². The molecule has 0 saturated heterocycles. The largest absolute Gasteiger partial charge is 0.366 e. The van der Waals surface area contributed by atoms with Gasteiger partial charge in [0.2, 0.25) is 0 Å². The number of nitrogens with zero attached hydrogens (tertiary/aromatic N) is 2. The molecule has 1 aromatic carbocycles. The van der Waals surface area contributed by atoms with Gasteiger partial charge < -0.3 is 5.32 Å². The first-order valence-electron chi connectivity index (χ1n) is 6.24. The first-order chi connectivity index (χ1) is 9.22. The summed E-state index contributed by atoms with van der Waals surface area (Å²) in [6, 6.07) is 8.55. The van der Waals surface area contributed by atoms with Crippen LogP contribution in [0.3, 0.4) is 0 Å². The van der Waals surface area contributed by atoms with E-state index in [1.165, 1.54) is 6.07 Å². The van der Waals surface area contributed by atoms with Crippen molar-refractivity contribution in [3.63, 3.8) is 0 Å². The van der Waals surface area contributed by atoms with Gasteiger partial charge in [-0.3, -0.25) is 0 Å². The van der Waals surface area contributed by atoms with Gasteiger partial charge in [0, 0.05) is 24.1 Å². The van der Waals surface area contributed by atoms with Gasteiger partial charge in [-0.1, -0.05) is 18.2 Å². The van der Waals surface area contributed by atoms with Gasteiger partial charge >= 0.3 is 0 Å². The predicted molar refractivity (Wildman–Crippen MR) is 75.4 cm³/mol. The fraction of sp³-hybridized carbons (Fsp3) is 0.286. The normalized spacial score (nSPS) is 14.4. The number of hydrogen-bond acceptors (Lipinski definition) is 3. The van der Waals surface area contributed by atoms with Crippen LogP contribution in [0.5, 0.6) is 0 Å². The first-order valence-corrected chi connectivity index (χ1v) is 7.03. The number of aromatic nitrogens is 2. The topological polar surface area (TPSA) is 37.8 Å². The summed E-state index contributed by atoms with van der Waals surface area (Å²) in [6.45, 7) is 0.417. The molecular formula is C14H13BrFN3. The summed E-state index contributed by atoms with van der Waals surface area (Å²) in [7, 11) is 0. The molecule has 0 atom stereocenters. The molecule has 3 rings (SSSR count). The van der Waals surface area contributed by atoms with Gasteiger partial charge in [-0.15, -0.1) is 0 Å². The zero-order valence-electron chi connectivity index (χ0n) is 10.2. The number of hydrogen-bond donors (Lipinski definition) is 1. The van der Waals surface area contributed by atoms with Crippen LogP contribution < -0.4 is 5.32 Å². The highest BCUT2D eigenvalue weighted by Crippen LogP contribution is 2.38. The Morgan fingerprint density at radius 1 is 1.26 bits per heavy atom. The molecule has 3 nitrogen and oxygen atoms in total. The van der Waals surface area contributed by atoms with Crippen molar-refractivity contribution >= 4 is 21.7 Å². The minimum atomic E-state index is -0.203. The molecule has 1 aromatic heterocycles. The average Bonchev–Trinajstić information content (AvgIpc) is 3.21. The van der Waals surface area contributed by atoms with Crippen LogP contribution in [-0.4, -0.2) is 9.97 Å². The fourth-order valence-electron chi connectivity index (χ4n) is 1.88. The van der Waals surface area contributed by atoms with Gasteiger partial charge in [-0.25, -0.2) is 14.4 Å². The number of benzene rings is 1. The maximum atomic E-state index is 13.5. The van der Waals surface area contributed by atoms with Crippen molar-refractivity contribution in [3.05, 3.63) is 52.1 Å². The molecule has 1 aliphatic carbocycles. The zero-order chi connectivity index (χ0) is 13.2. The highest BCUT2D eigenvalue weighted by atomic mass is 79.9. The summed E-state index contributed by atoms with van der Waals surface area (Å²) in [5, 5.41) is 3.14. The molecule has 0 amide bonds. The van der Waals surface area contributed by atoms with E-state index >= 15 is 0 Å². The Balaban J connectivity index is 1.74. The van der Waals surface area contributed by atoms with Gasteiger partial charge in [0.15, 0.2) is 0 Å². The summed E-state index contributed by atoms with van der Waals surface area (Å²) < 4.78 is 14.3. The Bertz CT molecular complexity index is 599. The SMILES string of the molecule is Fc1ccccc1CNc1cc(Br)nc(C2CC2)n1. The van der Waals surface area contributed by atoms with E-state index in [1.807, 2.05) is 12.1 Å². The van der Waals surface area contributed by atoms with Gasteiger partial charge in [0.1, 0.15) is 22.1 Å². The lowest BCUT2D eigenvalue weighted by molar-refractivity contribution is 0.613. The highest BCUT2D eigenvalue weighted by Gasteiger charge is 2.27. The average molecular weight is 322 g/mol. The van der Waals surface area contributed by atoms with E-state index in [-0.39, 0.29) is 5.82 Å². The molecule has 1 heterocycles. The smallest absolute Gasteiger partial charge is 0.135 e. The third-order valence-electron chi connectivity index (χ3n) is 3.07. The van der Waals surface area contributed by atoms with Gasteiger partial charge in [-0.05, 0) is 34.8 Å². The van der Waals surface area contributed by atoms with Crippen LogP contribution in [-0.2, 0) is 6.54 Å². The van der Waals surface area contributed by atoms with E-state index in [0.29, 0.717) is 18.0 Å². The molecule has 19 heavy (non-hydrogen) atoms. The Labute approximate surface area is 119 Å². The number of nitrogens with one attached hydrogen (secondary N) is 1. The second-order valence-electron chi connectivity index (χ2n) is 4.65. The Morgan fingerprint density at radius 3 is 2.79 bits per heavy atom. The molecule has 98 valence electrons. The standard InChI is InChI=1S/C14H13BrFN3/c15-12-7-13(19-14(18-12)9-5-6-9)17-8-10-3-1-2-4-11(10)16/h1-4,7,9H,5-6,8H2,(H,17,18,19). The van der Waals surface area contributed by atoms with Crippen LogP contribution in [0.1, 0.15) is 30.1 Å². The third kappa shape index (κ3) is 3.10.